The van der Waals surface area contributed by atoms with E-state index in [9.17, 15) is 17.6 Å². The number of carbonyl (C=O) groups is 1. The third-order valence-corrected chi connectivity index (χ3v) is 5.33. The van der Waals surface area contributed by atoms with Gasteiger partial charge in [-0.15, -0.1) is 0 Å². The van der Waals surface area contributed by atoms with E-state index in [4.69, 9.17) is 0 Å². The second kappa shape index (κ2) is 9.50. The number of para-hydroxylation sites is 1. The van der Waals surface area contributed by atoms with Crippen molar-refractivity contribution >= 4 is 21.6 Å². The molecule has 1 N–H and O–H groups in total. The van der Waals surface area contributed by atoms with Gasteiger partial charge in [0.2, 0.25) is 15.9 Å². The van der Waals surface area contributed by atoms with Crippen molar-refractivity contribution in [1.29, 1.82) is 0 Å². The van der Waals surface area contributed by atoms with E-state index in [0.717, 1.165) is 21.7 Å². The smallest absolute Gasteiger partial charge is 0.240 e. The third-order valence-electron chi connectivity index (χ3n) is 4.21. The van der Waals surface area contributed by atoms with Crippen LogP contribution in [0, 0.1) is 5.82 Å². The Morgan fingerprint density at radius 3 is 2.41 bits per heavy atom. The molecule has 0 aliphatic heterocycles. The minimum atomic E-state index is -3.59. The van der Waals surface area contributed by atoms with Crippen LogP contribution < -0.4 is 9.62 Å². The van der Waals surface area contributed by atoms with Gasteiger partial charge in [0.05, 0.1) is 11.9 Å². The van der Waals surface area contributed by atoms with Crippen molar-refractivity contribution in [3.8, 4) is 0 Å². The van der Waals surface area contributed by atoms with Gasteiger partial charge in [-0.05, 0) is 48.6 Å². The van der Waals surface area contributed by atoms with Crippen LogP contribution in [0.2, 0.25) is 0 Å². The molecule has 2 aromatic rings. The number of sulfonamides is 1. The third kappa shape index (κ3) is 6.36. The van der Waals surface area contributed by atoms with Crippen LogP contribution in [-0.2, 0) is 27.7 Å². The summed E-state index contributed by atoms with van der Waals surface area (Å²) in [5, 5.41) is 2.75. The van der Waals surface area contributed by atoms with Crippen LogP contribution in [0.4, 0.5) is 10.1 Å². The number of hydrogen-bond donors (Lipinski definition) is 1. The summed E-state index contributed by atoms with van der Waals surface area (Å²) in [7, 11) is -3.59. The first-order valence-electron chi connectivity index (χ1n) is 8.88. The lowest BCUT2D eigenvalue weighted by atomic mass is 10.1. The van der Waals surface area contributed by atoms with E-state index in [0.29, 0.717) is 31.5 Å². The van der Waals surface area contributed by atoms with Crippen molar-refractivity contribution in [3.63, 3.8) is 0 Å². The highest BCUT2D eigenvalue weighted by molar-refractivity contribution is 7.92. The van der Waals surface area contributed by atoms with E-state index in [1.807, 2.05) is 19.1 Å². The predicted octanol–water partition coefficient (Wildman–Crippen LogP) is 2.90. The second-order valence-corrected chi connectivity index (χ2v) is 8.24. The molecule has 7 heteroatoms. The number of nitrogens with one attached hydrogen (secondary N) is 1. The molecular weight excluding hydrogens is 367 g/mol. The quantitative estimate of drug-likeness (QED) is 0.668. The number of carbonyl (C=O) groups excluding carboxylic acids is 1. The zero-order valence-electron chi connectivity index (χ0n) is 15.6. The monoisotopic (exact) mass is 392 g/mol. The summed E-state index contributed by atoms with van der Waals surface area (Å²) in [5.74, 6) is -0.634. The highest BCUT2D eigenvalue weighted by Crippen LogP contribution is 2.23. The molecule has 27 heavy (non-hydrogen) atoms. The molecule has 0 aromatic heterocycles. The summed E-state index contributed by atoms with van der Waals surface area (Å²) < 4.78 is 38.4. The van der Waals surface area contributed by atoms with Crippen LogP contribution >= 0.6 is 0 Å². The Labute approximate surface area is 160 Å². The first-order chi connectivity index (χ1) is 12.8. The number of amides is 1. The Bertz CT molecular complexity index is 867. The predicted molar refractivity (Wildman–Crippen MR) is 106 cm³/mol. The molecule has 2 rings (SSSR count). The van der Waals surface area contributed by atoms with Crippen molar-refractivity contribution in [2.24, 2.45) is 0 Å². The zero-order valence-corrected chi connectivity index (χ0v) is 16.4. The molecule has 0 radical (unpaired) electrons. The first kappa shape index (κ1) is 20.9. The van der Waals surface area contributed by atoms with Gasteiger partial charge in [0.25, 0.3) is 0 Å². The van der Waals surface area contributed by atoms with Gasteiger partial charge in [-0.1, -0.05) is 37.3 Å². The van der Waals surface area contributed by atoms with Crippen molar-refractivity contribution < 1.29 is 17.6 Å². The maximum atomic E-state index is 12.9. The Balaban J connectivity index is 1.93. The van der Waals surface area contributed by atoms with Gasteiger partial charge in [-0.25, -0.2) is 12.8 Å². The molecule has 0 saturated heterocycles. The van der Waals surface area contributed by atoms with Crippen molar-refractivity contribution in [2.75, 3.05) is 23.7 Å². The molecule has 0 aliphatic rings. The summed E-state index contributed by atoms with van der Waals surface area (Å²) in [6.45, 7) is 2.10. The molecule has 0 aliphatic carbocycles. The zero-order chi connectivity index (χ0) is 19.9. The molecule has 0 atom stereocenters. The summed E-state index contributed by atoms with van der Waals surface area (Å²) in [6, 6.07) is 13.4. The van der Waals surface area contributed by atoms with Crippen LogP contribution in [-0.4, -0.2) is 33.7 Å². The number of aryl methyl sites for hydroxylation is 2. The van der Waals surface area contributed by atoms with Crippen molar-refractivity contribution in [2.45, 2.75) is 26.2 Å². The molecule has 1 amide bonds. The molecular formula is C20H25FN2O3S. The van der Waals surface area contributed by atoms with E-state index in [2.05, 4.69) is 5.32 Å². The van der Waals surface area contributed by atoms with E-state index < -0.39 is 10.0 Å². The molecule has 0 saturated carbocycles. The maximum Gasteiger partial charge on any atom is 0.240 e. The highest BCUT2D eigenvalue weighted by atomic mass is 32.2. The van der Waals surface area contributed by atoms with Crippen LogP contribution in [0.15, 0.2) is 48.5 Å². The van der Waals surface area contributed by atoms with E-state index in [1.165, 1.54) is 12.1 Å². The normalized spacial score (nSPS) is 11.2. The van der Waals surface area contributed by atoms with Gasteiger partial charge < -0.3 is 5.32 Å². The SMILES string of the molecule is CCc1ccccc1N(CC(=O)NCCCc1ccc(F)cc1)S(C)(=O)=O. The minimum absolute atomic E-state index is 0.258. The van der Waals surface area contributed by atoms with E-state index >= 15 is 0 Å². The first-order valence-corrected chi connectivity index (χ1v) is 10.7. The number of anilines is 1. The fourth-order valence-corrected chi connectivity index (χ4v) is 3.68. The average molecular weight is 392 g/mol. The van der Waals surface area contributed by atoms with Gasteiger partial charge in [0, 0.05) is 6.54 Å². The molecule has 0 bridgehead atoms. The molecule has 0 spiro atoms. The number of rotatable bonds is 9. The summed E-state index contributed by atoms with van der Waals surface area (Å²) in [5.41, 5.74) is 2.39. The number of halogens is 1. The van der Waals surface area contributed by atoms with Gasteiger partial charge in [0.1, 0.15) is 12.4 Å². The van der Waals surface area contributed by atoms with Gasteiger partial charge in [0.15, 0.2) is 0 Å². The second-order valence-electron chi connectivity index (χ2n) is 6.33. The van der Waals surface area contributed by atoms with Gasteiger partial charge in [-0.2, -0.15) is 0 Å². The van der Waals surface area contributed by atoms with Crippen LogP contribution in [0.1, 0.15) is 24.5 Å². The topological polar surface area (TPSA) is 66.5 Å². The molecule has 0 unspecified atom stereocenters. The lowest BCUT2D eigenvalue weighted by Gasteiger charge is -2.24. The molecule has 0 heterocycles. The van der Waals surface area contributed by atoms with Gasteiger partial charge >= 0.3 is 0 Å². The molecule has 2 aromatic carbocycles. The van der Waals surface area contributed by atoms with Gasteiger partial charge in [-0.3, -0.25) is 9.10 Å². The van der Waals surface area contributed by atoms with Crippen LogP contribution in [0.3, 0.4) is 0 Å². The Morgan fingerprint density at radius 2 is 1.78 bits per heavy atom. The number of nitrogens with zero attached hydrogens (tertiary/aromatic N) is 1. The Hall–Kier alpha value is -2.41. The number of hydrogen-bond acceptors (Lipinski definition) is 3. The highest BCUT2D eigenvalue weighted by Gasteiger charge is 2.22. The fourth-order valence-electron chi connectivity index (χ4n) is 2.79. The van der Waals surface area contributed by atoms with E-state index in [1.54, 1.807) is 24.3 Å². The standard InChI is InChI=1S/C20H25FN2O3S/c1-3-17-8-4-5-9-19(17)23(27(2,25)26)15-20(24)22-14-6-7-16-10-12-18(21)13-11-16/h4-5,8-13H,3,6-7,14-15H2,1-2H3,(H,22,24). The van der Waals surface area contributed by atoms with Crippen LogP contribution in [0.5, 0.6) is 0 Å². The van der Waals surface area contributed by atoms with Crippen LogP contribution in [0.25, 0.3) is 0 Å². The van der Waals surface area contributed by atoms with Crippen molar-refractivity contribution in [1.82, 2.24) is 5.32 Å². The summed E-state index contributed by atoms with van der Waals surface area (Å²) in [4.78, 5) is 12.3. The molecule has 5 nitrogen and oxygen atoms in total. The summed E-state index contributed by atoms with van der Waals surface area (Å²) >= 11 is 0. The van der Waals surface area contributed by atoms with Crippen molar-refractivity contribution in [3.05, 3.63) is 65.5 Å². The summed E-state index contributed by atoms with van der Waals surface area (Å²) in [6.07, 6.45) is 3.15. The Kier molecular flexibility index (Phi) is 7.36. The maximum absolute atomic E-state index is 12.9. The number of benzene rings is 2. The molecule has 0 fully saturated rings. The lowest BCUT2D eigenvalue weighted by Crippen LogP contribution is -2.41. The minimum Gasteiger partial charge on any atom is -0.355 e. The average Bonchev–Trinajstić information content (AvgIpc) is 2.64. The van der Waals surface area contributed by atoms with E-state index in [-0.39, 0.29) is 18.3 Å². The largest absolute Gasteiger partial charge is 0.355 e. The fraction of sp³-hybridized carbons (Fsp3) is 0.350. The lowest BCUT2D eigenvalue weighted by molar-refractivity contribution is -0.119. The molecule has 146 valence electrons. The Morgan fingerprint density at radius 1 is 1.11 bits per heavy atom.